The summed E-state index contributed by atoms with van der Waals surface area (Å²) in [4.78, 5) is 27.3. The van der Waals surface area contributed by atoms with Crippen molar-refractivity contribution in [1.29, 1.82) is 0 Å². The summed E-state index contributed by atoms with van der Waals surface area (Å²) in [5.74, 6) is 0.0144. The maximum Gasteiger partial charge on any atom is 0.220 e. The first-order chi connectivity index (χ1) is 12.7. The lowest BCUT2D eigenvalue weighted by Crippen LogP contribution is -2.45. The number of carbonyl (C=O) groups excluding carboxylic acids is 2. The third-order valence-corrected chi connectivity index (χ3v) is 5.97. The van der Waals surface area contributed by atoms with Crippen molar-refractivity contribution in [2.24, 2.45) is 0 Å². The molecule has 1 amide bonds. The van der Waals surface area contributed by atoms with Crippen LogP contribution in [0, 0.1) is 0 Å². The van der Waals surface area contributed by atoms with Crippen molar-refractivity contribution >= 4 is 23.0 Å². The highest BCUT2D eigenvalue weighted by molar-refractivity contribution is 7.12. The standard InChI is InChI=1S/C21H26N2O2S/c1-2-18(23-12-11-16-6-3-4-7-17(16)15-23)14-22-21(25)10-9-19(24)20-8-5-13-26-20/h3-8,13,18H,2,9-12,14-15H2,1H3,(H,22,25)/t18-/m1/s1. The highest BCUT2D eigenvalue weighted by Gasteiger charge is 2.22. The Kier molecular flexibility index (Phi) is 6.58. The average Bonchev–Trinajstić information content (AvgIpc) is 3.21. The van der Waals surface area contributed by atoms with E-state index in [1.165, 1.54) is 22.5 Å². The van der Waals surface area contributed by atoms with E-state index in [9.17, 15) is 9.59 Å². The highest BCUT2D eigenvalue weighted by Crippen LogP contribution is 2.21. The van der Waals surface area contributed by atoms with Gasteiger partial charge in [-0.15, -0.1) is 11.3 Å². The zero-order chi connectivity index (χ0) is 18.4. The first-order valence-electron chi connectivity index (χ1n) is 9.31. The number of nitrogens with one attached hydrogen (secondary N) is 1. The lowest BCUT2D eigenvalue weighted by Gasteiger charge is -2.35. The molecule has 0 aliphatic carbocycles. The second-order valence-corrected chi connectivity index (χ2v) is 7.70. The molecule has 2 aromatic rings. The number of benzene rings is 1. The number of amides is 1. The van der Waals surface area contributed by atoms with Gasteiger partial charge in [0.05, 0.1) is 4.88 Å². The maximum absolute atomic E-state index is 12.1. The van der Waals surface area contributed by atoms with Crippen LogP contribution in [-0.2, 0) is 17.8 Å². The van der Waals surface area contributed by atoms with Crippen LogP contribution in [0.3, 0.4) is 0 Å². The van der Waals surface area contributed by atoms with E-state index in [1.54, 1.807) is 0 Å². The summed E-state index contributed by atoms with van der Waals surface area (Å²) >= 11 is 1.43. The summed E-state index contributed by atoms with van der Waals surface area (Å²) in [5.41, 5.74) is 2.83. The Hall–Kier alpha value is -1.98. The molecule has 4 nitrogen and oxygen atoms in total. The van der Waals surface area contributed by atoms with E-state index in [0.717, 1.165) is 30.8 Å². The van der Waals surface area contributed by atoms with Crippen molar-refractivity contribution in [3.8, 4) is 0 Å². The molecule has 1 aromatic heterocycles. The predicted octanol–water partition coefficient (Wildman–Crippen LogP) is 3.66. The Morgan fingerprint density at radius 2 is 1.96 bits per heavy atom. The molecular formula is C21H26N2O2S. The van der Waals surface area contributed by atoms with Crippen molar-refractivity contribution in [3.05, 3.63) is 57.8 Å². The summed E-state index contributed by atoms with van der Waals surface area (Å²) in [6.45, 7) is 4.78. The van der Waals surface area contributed by atoms with Crippen molar-refractivity contribution in [1.82, 2.24) is 10.2 Å². The van der Waals surface area contributed by atoms with Crippen LogP contribution in [0.2, 0.25) is 0 Å². The van der Waals surface area contributed by atoms with Gasteiger partial charge >= 0.3 is 0 Å². The number of fused-ring (bicyclic) bond motifs is 1. The van der Waals surface area contributed by atoms with Gasteiger partial charge in [-0.25, -0.2) is 0 Å². The zero-order valence-electron chi connectivity index (χ0n) is 15.2. The number of ketones is 1. The van der Waals surface area contributed by atoms with E-state index in [1.807, 2.05) is 17.5 Å². The fraction of sp³-hybridized carbons (Fsp3) is 0.429. The molecule has 1 N–H and O–H groups in total. The van der Waals surface area contributed by atoms with E-state index >= 15 is 0 Å². The molecule has 5 heteroatoms. The van der Waals surface area contributed by atoms with Crippen LogP contribution in [0.4, 0.5) is 0 Å². The molecule has 2 heterocycles. The first-order valence-corrected chi connectivity index (χ1v) is 10.2. The SMILES string of the molecule is CC[C@H](CNC(=O)CCC(=O)c1cccs1)N1CCc2ccccc2C1. The second kappa shape index (κ2) is 9.10. The molecule has 3 rings (SSSR count). The first kappa shape index (κ1) is 18.8. The fourth-order valence-electron chi connectivity index (χ4n) is 3.47. The van der Waals surface area contributed by atoms with Crippen LogP contribution >= 0.6 is 11.3 Å². The molecule has 1 aliphatic heterocycles. The number of rotatable bonds is 8. The van der Waals surface area contributed by atoms with Crippen molar-refractivity contribution in [2.45, 2.75) is 45.2 Å². The summed E-state index contributed by atoms with van der Waals surface area (Å²) < 4.78 is 0. The van der Waals surface area contributed by atoms with Gasteiger partial charge in [0.15, 0.2) is 5.78 Å². The lowest BCUT2D eigenvalue weighted by atomic mass is 9.98. The summed E-state index contributed by atoms with van der Waals surface area (Å²) in [5, 5.41) is 4.91. The van der Waals surface area contributed by atoms with Gasteiger partial charge in [-0.2, -0.15) is 0 Å². The number of Topliss-reactive ketones (excluding diaryl/α,β-unsaturated/α-hetero) is 1. The second-order valence-electron chi connectivity index (χ2n) is 6.76. The molecule has 26 heavy (non-hydrogen) atoms. The van der Waals surface area contributed by atoms with E-state index in [4.69, 9.17) is 0 Å². The van der Waals surface area contributed by atoms with E-state index in [0.29, 0.717) is 12.6 Å². The molecule has 0 fully saturated rings. The minimum Gasteiger partial charge on any atom is -0.355 e. The Morgan fingerprint density at radius 3 is 2.69 bits per heavy atom. The van der Waals surface area contributed by atoms with Gasteiger partial charge in [-0.1, -0.05) is 37.3 Å². The van der Waals surface area contributed by atoms with Crippen molar-refractivity contribution in [3.63, 3.8) is 0 Å². The number of hydrogen-bond acceptors (Lipinski definition) is 4. The van der Waals surface area contributed by atoms with Crippen molar-refractivity contribution < 1.29 is 9.59 Å². The number of thiophene rings is 1. The molecule has 1 aliphatic rings. The van der Waals surface area contributed by atoms with Crippen LogP contribution < -0.4 is 5.32 Å². The third kappa shape index (κ3) is 4.80. The molecule has 1 atom stereocenters. The Labute approximate surface area is 159 Å². The molecule has 0 radical (unpaired) electrons. The van der Waals surface area contributed by atoms with Crippen molar-refractivity contribution in [2.75, 3.05) is 13.1 Å². The van der Waals surface area contributed by atoms with Crippen LogP contribution in [0.25, 0.3) is 0 Å². The maximum atomic E-state index is 12.1. The number of carbonyl (C=O) groups is 2. The van der Waals surface area contributed by atoms with Gasteiger partial charge in [-0.3, -0.25) is 14.5 Å². The molecule has 0 saturated heterocycles. The minimum absolute atomic E-state index is 0.0363. The zero-order valence-corrected chi connectivity index (χ0v) is 16.1. The van der Waals surface area contributed by atoms with Crippen LogP contribution in [0.15, 0.2) is 41.8 Å². The quantitative estimate of drug-likeness (QED) is 0.722. The normalized spacial score (nSPS) is 15.3. The Bertz CT molecular complexity index is 742. The molecule has 138 valence electrons. The lowest BCUT2D eigenvalue weighted by molar-refractivity contribution is -0.121. The average molecular weight is 371 g/mol. The molecule has 0 bridgehead atoms. The largest absolute Gasteiger partial charge is 0.355 e. The molecule has 1 aromatic carbocycles. The number of hydrogen-bond donors (Lipinski definition) is 1. The van der Waals surface area contributed by atoms with Gasteiger partial charge in [0.1, 0.15) is 0 Å². The number of nitrogens with zero attached hydrogens (tertiary/aromatic N) is 1. The topological polar surface area (TPSA) is 49.4 Å². The highest BCUT2D eigenvalue weighted by atomic mass is 32.1. The Morgan fingerprint density at radius 1 is 1.15 bits per heavy atom. The van der Waals surface area contributed by atoms with Crippen LogP contribution in [0.5, 0.6) is 0 Å². The third-order valence-electron chi connectivity index (χ3n) is 5.06. The minimum atomic E-state index is -0.0363. The van der Waals surface area contributed by atoms with E-state index in [-0.39, 0.29) is 24.5 Å². The molecule has 0 saturated carbocycles. The molecule has 0 spiro atoms. The summed E-state index contributed by atoms with van der Waals surface area (Å²) in [6.07, 6.45) is 2.60. The van der Waals surface area contributed by atoms with Crippen LogP contribution in [0.1, 0.15) is 47.0 Å². The van der Waals surface area contributed by atoms with E-state index < -0.39 is 0 Å². The Balaban J connectivity index is 1.45. The van der Waals surface area contributed by atoms with Gasteiger partial charge in [0, 0.05) is 38.5 Å². The van der Waals surface area contributed by atoms with Gasteiger partial charge in [0.2, 0.25) is 5.91 Å². The summed E-state index contributed by atoms with van der Waals surface area (Å²) in [7, 11) is 0. The predicted molar refractivity (Wildman–Crippen MR) is 106 cm³/mol. The monoisotopic (exact) mass is 370 g/mol. The van der Waals surface area contributed by atoms with E-state index in [2.05, 4.69) is 41.4 Å². The summed E-state index contributed by atoms with van der Waals surface area (Å²) in [6, 6.07) is 12.6. The van der Waals surface area contributed by atoms with Crippen LogP contribution in [-0.4, -0.2) is 35.7 Å². The van der Waals surface area contributed by atoms with Gasteiger partial charge < -0.3 is 5.32 Å². The van der Waals surface area contributed by atoms with Gasteiger partial charge in [0.25, 0.3) is 0 Å². The van der Waals surface area contributed by atoms with Gasteiger partial charge in [-0.05, 0) is 35.4 Å². The molecule has 0 unspecified atom stereocenters. The fourth-order valence-corrected chi connectivity index (χ4v) is 4.16. The smallest absolute Gasteiger partial charge is 0.220 e. The molecular weight excluding hydrogens is 344 g/mol.